The molecule has 9 nitrogen and oxygen atoms in total. The molecule has 0 fully saturated rings. The van der Waals surface area contributed by atoms with Gasteiger partial charge in [0.15, 0.2) is 33.6 Å². The second kappa shape index (κ2) is 11.5. The van der Waals surface area contributed by atoms with E-state index < -0.39 is 0 Å². The zero-order valence-corrected chi connectivity index (χ0v) is 22.0. The highest BCUT2D eigenvalue weighted by atomic mass is 127. The molecule has 0 aliphatic carbocycles. The van der Waals surface area contributed by atoms with Crippen LogP contribution in [0.1, 0.15) is 26.2 Å². The van der Waals surface area contributed by atoms with Crippen LogP contribution in [0.4, 0.5) is 5.82 Å². The highest BCUT2D eigenvalue weighted by molar-refractivity contribution is 14.1. The molecule has 0 atom stereocenters. The second-order valence-corrected chi connectivity index (χ2v) is 10.1. The van der Waals surface area contributed by atoms with Gasteiger partial charge in [-0.25, -0.2) is 15.0 Å². The Morgan fingerprint density at radius 2 is 1.97 bits per heavy atom. The van der Waals surface area contributed by atoms with Gasteiger partial charge in [-0.15, -0.1) is 0 Å². The Labute approximate surface area is 212 Å². The van der Waals surface area contributed by atoms with Crippen LogP contribution in [-0.2, 0) is 6.54 Å². The van der Waals surface area contributed by atoms with Crippen molar-refractivity contribution in [1.29, 1.82) is 0 Å². The monoisotopic (exact) mass is 583 g/mol. The predicted molar refractivity (Wildman–Crippen MR) is 139 cm³/mol. The van der Waals surface area contributed by atoms with Crippen LogP contribution in [0.3, 0.4) is 0 Å². The number of hydrogen-bond acceptors (Lipinski definition) is 9. The van der Waals surface area contributed by atoms with Gasteiger partial charge in [-0.1, -0.05) is 18.7 Å². The first kappa shape index (κ1) is 24.3. The van der Waals surface area contributed by atoms with Crippen LogP contribution in [0.5, 0.6) is 11.5 Å². The molecule has 0 radical (unpaired) electrons. The van der Waals surface area contributed by atoms with Gasteiger partial charge in [0.25, 0.3) is 0 Å². The summed E-state index contributed by atoms with van der Waals surface area (Å²) >= 11 is 3.90. The van der Waals surface area contributed by atoms with E-state index in [2.05, 4.69) is 61.3 Å². The van der Waals surface area contributed by atoms with Crippen LogP contribution in [0.15, 0.2) is 28.5 Å². The summed E-state index contributed by atoms with van der Waals surface area (Å²) in [5.41, 5.74) is 7.53. The Hall–Kier alpha value is -1.83. The number of fused-ring (bicyclic) bond motifs is 2. The molecular weight excluding hydrogens is 553 g/mol. The number of rotatable bonds is 12. The van der Waals surface area contributed by atoms with E-state index in [0.717, 1.165) is 76.3 Å². The summed E-state index contributed by atoms with van der Waals surface area (Å²) in [6.07, 6.45) is 4.82. The number of imidazole rings is 1. The number of nitrogens with two attached hydrogens (primary N) is 1. The van der Waals surface area contributed by atoms with Gasteiger partial charge in [-0.3, -0.25) is 0 Å². The summed E-state index contributed by atoms with van der Waals surface area (Å²) < 4.78 is 14.3. The topological polar surface area (TPSA) is 103 Å². The van der Waals surface area contributed by atoms with Crippen LogP contribution >= 0.6 is 34.4 Å². The van der Waals surface area contributed by atoms with Crippen molar-refractivity contribution in [2.45, 2.75) is 42.8 Å². The lowest BCUT2D eigenvalue weighted by Crippen LogP contribution is -2.26. The number of anilines is 1. The molecule has 0 saturated carbocycles. The standard InChI is InChI=1S/C22H30IN7O2S/c1-3-6-25-7-4-8-29(2)9-5-10-30-21-19(20(24)26-13-27-21)28-22(30)33-18-12-17-16(11-15(18)23)31-14-32-17/h11-13,25H,3-10,14H2,1-2H3,(H2,24,26,27). The molecule has 0 bridgehead atoms. The van der Waals surface area contributed by atoms with Crippen molar-refractivity contribution < 1.29 is 9.47 Å². The lowest BCUT2D eigenvalue weighted by atomic mass is 10.3. The van der Waals surface area contributed by atoms with E-state index in [1.807, 2.05) is 12.1 Å². The maximum Gasteiger partial charge on any atom is 0.231 e. The fourth-order valence-electron chi connectivity index (χ4n) is 3.67. The molecule has 3 N–H and O–H groups in total. The van der Waals surface area contributed by atoms with Crippen molar-refractivity contribution in [3.8, 4) is 11.5 Å². The molecule has 3 heterocycles. The van der Waals surface area contributed by atoms with Crippen molar-refractivity contribution in [1.82, 2.24) is 29.7 Å². The van der Waals surface area contributed by atoms with Gasteiger partial charge in [-0.05, 0) is 87.2 Å². The first-order chi connectivity index (χ1) is 16.1. The molecule has 0 amide bonds. The molecule has 11 heteroatoms. The van der Waals surface area contributed by atoms with Gasteiger partial charge in [-0.2, -0.15) is 0 Å². The number of nitrogen functional groups attached to an aromatic ring is 1. The fourth-order valence-corrected chi connectivity index (χ4v) is 5.39. The molecule has 3 aromatic rings. The Morgan fingerprint density at radius 1 is 1.18 bits per heavy atom. The van der Waals surface area contributed by atoms with Gasteiger partial charge in [0, 0.05) is 15.0 Å². The van der Waals surface area contributed by atoms with E-state index in [4.69, 9.17) is 20.2 Å². The van der Waals surface area contributed by atoms with Crippen LogP contribution in [0, 0.1) is 3.57 Å². The minimum atomic E-state index is 0.256. The highest BCUT2D eigenvalue weighted by Crippen LogP contribution is 2.41. The Bertz CT molecular complexity index is 1090. The van der Waals surface area contributed by atoms with Crippen LogP contribution in [0.25, 0.3) is 11.2 Å². The van der Waals surface area contributed by atoms with Crippen molar-refractivity contribution in [3.05, 3.63) is 22.0 Å². The minimum absolute atomic E-state index is 0.256. The Morgan fingerprint density at radius 3 is 2.79 bits per heavy atom. The lowest BCUT2D eigenvalue weighted by molar-refractivity contribution is 0.174. The van der Waals surface area contributed by atoms with Crippen molar-refractivity contribution in [2.75, 3.05) is 45.8 Å². The van der Waals surface area contributed by atoms with Gasteiger partial charge in [0.2, 0.25) is 6.79 Å². The number of aromatic nitrogens is 4. The summed E-state index contributed by atoms with van der Waals surface area (Å²) in [5.74, 6) is 1.94. The minimum Gasteiger partial charge on any atom is -0.454 e. The summed E-state index contributed by atoms with van der Waals surface area (Å²) in [6.45, 7) is 7.48. The number of hydrogen-bond donors (Lipinski definition) is 2. The molecular formula is C22H30IN7O2S. The maximum absolute atomic E-state index is 6.11. The number of halogens is 1. The van der Waals surface area contributed by atoms with Crippen molar-refractivity contribution in [3.63, 3.8) is 0 Å². The first-order valence-electron chi connectivity index (χ1n) is 11.2. The average molecular weight is 583 g/mol. The fraction of sp³-hybridized carbons (Fsp3) is 0.500. The van der Waals surface area contributed by atoms with E-state index in [1.165, 1.54) is 12.7 Å². The van der Waals surface area contributed by atoms with Gasteiger partial charge in [0.05, 0.1) is 0 Å². The van der Waals surface area contributed by atoms with E-state index >= 15 is 0 Å². The highest BCUT2D eigenvalue weighted by Gasteiger charge is 2.20. The zero-order chi connectivity index (χ0) is 23.2. The number of nitrogens with zero attached hydrogens (tertiary/aromatic N) is 5. The van der Waals surface area contributed by atoms with Crippen LogP contribution in [0.2, 0.25) is 0 Å². The third-order valence-electron chi connectivity index (χ3n) is 5.40. The summed E-state index contributed by atoms with van der Waals surface area (Å²) in [4.78, 5) is 16.8. The van der Waals surface area contributed by atoms with Crippen molar-refractivity contribution in [2.24, 2.45) is 0 Å². The molecule has 0 unspecified atom stereocenters. The summed E-state index contributed by atoms with van der Waals surface area (Å²) in [7, 11) is 2.18. The Balaban J connectivity index is 1.46. The molecule has 1 aliphatic rings. The van der Waals surface area contributed by atoms with Gasteiger partial charge >= 0.3 is 0 Å². The van der Waals surface area contributed by atoms with Crippen molar-refractivity contribution >= 4 is 51.3 Å². The van der Waals surface area contributed by atoms with E-state index in [-0.39, 0.29) is 6.79 Å². The number of benzene rings is 1. The molecule has 0 spiro atoms. The third-order valence-corrected chi connectivity index (χ3v) is 7.71. The number of ether oxygens (including phenoxy) is 2. The molecule has 2 aromatic heterocycles. The molecule has 0 saturated heterocycles. The number of nitrogens with one attached hydrogen (secondary N) is 1. The predicted octanol–water partition coefficient (Wildman–Crippen LogP) is 3.60. The number of aryl methyl sites for hydroxylation is 1. The molecule has 178 valence electrons. The first-order valence-corrected chi connectivity index (χ1v) is 13.1. The molecule has 4 rings (SSSR count). The summed E-state index contributed by atoms with van der Waals surface area (Å²) in [5, 5.41) is 4.31. The molecule has 33 heavy (non-hydrogen) atoms. The quantitative estimate of drug-likeness (QED) is 0.245. The van der Waals surface area contributed by atoms with Gasteiger partial charge < -0.3 is 30.0 Å². The van der Waals surface area contributed by atoms with Crippen LogP contribution in [-0.4, -0.2) is 64.4 Å². The maximum atomic E-state index is 6.11. The lowest BCUT2D eigenvalue weighted by Gasteiger charge is -2.17. The summed E-state index contributed by atoms with van der Waals surface area (Å²) in [6, 6.07) is 4.00. The average Bonchev–Trinajstić information content (AvgIpc) is 3.39. The van der Waals surface area contributed by atoms with E-state index in [9.17, 15) is 0 Å². The molecule has 1 aromatic carbocycles. The Kier molecular flexibility index (Phi) is 8.50. The SMILES string of the molecule is CCCNCCCN(C)CCCn1c(Sc2cc3c(cc2I)OCO3)nc2c(N)ncnc21. The third kappa shape index (κ3) is 6.00. The zero-order valence-electron chi connectivity index (χ0n) is 19.0. The van der Waals surface area contributed by atoms with Crippen LogP contribution < -0.4 is 20.5 Å². The van der Waals surface area contributed by atoms with Gasteiger partial charge in [0.1, 0.15) is 6.33 Å². The molecule has 1 aliphatic heterocycles. The second-order valence-electron chi connectivity index (χ2n) is 7.98. The smallest absolute Gasteiger partial charge is 0.231 e. The van der Waals surface area contributed by atoms with E-state index in [0.29, 0.717) is 11.3 Å². The largest absolute Gasteiger partial charge is 0.454 e. The van der Waals surface area contributed by atoms with E-state index in [1.54, 1.807) is 11.8 Å². The normalized spacial score (nSPS) is 12.8.